The molecule has 0 spiro atoms. The molecule has 43 heavy (non-hydrogen) atoms. The predicted molar refractivity (Wildman–Crippen MR) is 175 cm³/mol. The zero-order valence-electron chi connectivity index (χ0n) is 24.7. The number of aryl methyl sites for hydroxylation is 1. The number of pyridine rings is 3. The van der Waals surface area contributed by atoms with Crippen LogP contribution in [0.5, 0.6) is 0 Å². The van der Waals surface area contributed by atoms with Gasteiger partial charge in [-0.15, -0.1) is 0 Å². The molecule has 3 aromatic heterocycles. The molecular weight excluding hydrogens is 583 g/mol. The first kappa shape index (κ1) is 29.2. The van der Waals surface area contributed by atoms with Crippen LogP contribution in [0, 0.1) is 6.92 Å². The smallest absolute Gasteiger partial charge is 0.262 e. The molecule has 10 heteroatoms. The summed E-state index contributed by atoms with van der Waals surface area (Å²) >= 11 is 13.6. The zero-order valence-corrected chi connectivity index (χ0v) is 26.2. The van der Waals surface area contributed by atoms with E-state index in [1.165, 1.54) is 6.08 Å². The van der Waals surface area contributed by atoms with Gasteiger partial charge in [-0.05, 0) is 74.6 Å². The number of aromatic nitrogens is 3. The van der Waals surface area contributed by atoms with Crippen LogP contribution in [-0.2, 0) is 11.2 Å². The zero-order chi connectivity index (χ0) is 30.7. The molecule has 2 aliphatic heterocycles. The van der Waals surface area contributed by atoms with Gasteiger partial charge in [0, 0.05) is 53.6 Å². The second-order valence-electron chi connectivity index (χ2n) is 11.8. The van der Waals surface area contributed by atoms with Gasteiger partial charge in [-0.2, -0.15) is 0 Å². The molecule has 8 nitrogen and oxygen atoms in total. The third-order valence-electron chi connectivity index (χ3n) is 8.65. The number of amides is 1. The number of carbonyl (C=O) groups excluding carboxylic acids is 1. The highest BCUT2D eigenvalue weighted by Crippen LogP contribution is 2.42. The normalized spacial score (nSPS) is 18.1. The number of hydrogen-bond donors (Lipinski definition) is 1. The number of rotatable bonds is 4. The van der Waals surface area contributed by atoms with Crippen molar-refractivity contribution in [1.82, 2.24) is 19.4 Å². The number of fused-ring (bicyclic) bond motifs is 5. The van der Waals surface area contributed by atoms with Crippen LogP contribution in [0.25, 0.3) is 28.0 Å². The fourth-order valence-electron chi connectivity index (χ4n) is 6.57. The topological polar surface area (TPSA) is 97.4 Å². The molecule has 4 aromatic rings. The Kier molecular flexibility index (Phi) is 7.47. The van der Waals surface area contributed by atoms with Crippen LogP contribution in [0.15, 0.2) is 54.0 Å². The van der Waals surface area contributed by atoms with Crippen molar-refractivity contribution < 1.29 is 4.79 Å². The number of hydrogen-bond acceptors (Lipinski definition) is 6. The van der Waals surface area contributed by atoms with E-state index < -0.39 is 0 Å². The van der Waals surface area contributed by atoms with Crippen LogP contribution in [0.1, 0.15) is 49.9 Å². The molecule has 222 valence electrons. The highest BCUT2D eigenvalue weighted by Gasteiger charge is 2.39. The van der Waals surface area contributed by atoms with Crippen molar-refractivity contribution in [2.24, 2.45) is 0 Å². The summed E-state index contributed by atoms with van der Waals surface area (Å²) in [6.45, 7) is 12.9. The summed E-state index contributed by atoms with van der Waals surface area (Å²) in [5, 5.41) is 1.61. The Morgan fingerprint density at radius 2 is 1.91 bits per heavy atom. The number of nitrogens with two attached hydrogens (primary N) is 1. The van der Waals surface area contributed by atoms with E-state index in [0.29, 0.717) is 57.7 Å². The molecule has 0 saturated carbocycles. The van der Waals surface area contributed by atoms with Gasteiger partial charge in [0.1, 0.15) is 5.65 Å². The van der Waals surface area contributed by atoms with Crippen LogP contribution in [0.4, 0.5) is 11.4 Å². The van der Waals surface area contributed by atoms with Gasteiger partial charge in [0.2, 0.25) is 5.91 Å². The first-order chi connectivity index (χ1) is 20.5. The van der Waals surface area contributed by atoms with E-state index in [-0.39, 0.29) is 29.5 Å². The van der Waals surface area contributed by atoms with E-state index in [9.17, 15) is 9.59 Å². The standard InChI is InChI=1S/C33H34Cl2N6O2/c1-6-27(42)39-16-21-8-9-22-31(40(21)15-19(39)5)24-14-26(35)29(23-13-20(36)7-10-25(23)34)38-32(24)41(33(22)43)30-18(4)11-12-37-28(30)17(2)3/h6-7,10-14,17,19,21H,1,8-9,15-16,36H2,2-5H3. The van der Waals surface area contributed by atoms with E-state index in [2.05, 4.69) is 25.3 Å². The van der Waals surface area contributed by atoms with E-state index in [1.54, 1.807) is 29.0 Å². The van der Waals surface area contributed by atoms with Gasteiger partial charge in [0.15, 0.2) is 0 Å². The lowest BCUT2D eigenvalue weighted by Crippen LogP contribution is -2.60. The summed E-state index contributed by atoms with van der Waals surface area (Å²) in [6, 6.07) is 8.95. The molecule has 2 unspecified atom stereocenters. The average molecular weight is 618 g/mol. The quantitative estimate of drug-likeness (QED) is 0.213. The van der Waals surface area contributed by atoms with Crippen molar-refractivity contribution in [3.05, 3.63) is 86.4 Å². The van der Waals surface area contributed by atoms with Gasteiger partial charge >= 0.3 is 0 Å². The van der Waals surface area contributed by atoms with Crippen LogP contribution < -0.4 is 16.2 Å². The molecule has 1 aromatic carbocycles. The lowest BCUT2D eigenvalue weighted by atomic mass is 9.91. The van der Waals surface area contributed by atoms with Crippen molar-refractivity contribution in [3.63, 3.8) is 0 Å². The Morgan fingerprint density at radius 1 is 1.14 bits per heavy atom. The van der Waals surface area contributed by atoms with Gasteiger partial charge in [0.25, 0.3) is 5.56 Å². The SMILES string of the molecule is C=CC(=O)N1CC2CCc3c(c4cc(Cl)c(-c5cc(N)ccc5Cl)nc4n(-c4c(C)ccnc4C(C)C)c3=O)N2CC1C. The second kappa shape index (κ2) is 11.0. The van der Waals surface area contributed by atoms with Crippen LogP contribution in [0.3, 0.4) is 0 Å². The Labute approximate surface area is 260 Å². The number of carbonyl (C=O) groups is 1. The number of anilines is 2. The minimum atomic E-state index is -0.129. The molecule has 1 amide bonds. The average Bonchev–Trinajstić information content (AvgIpc) is 2.98. The van der Waals surface area contributed by atoms with Crippen LogP contribution >= 0.6 is 23.2 Å². The first-order valence-electron chi connectivity index (χ1n) is 14.5. The predicted octanol–water partition coefficient (Wildman–Crippen LogP) is 6.31. The maximum absolute atomic E-state index is 14.7. The van der Waals surface area contributed by atoms with Crippen LogP contribution in [-0.4, -0.2) is 50.5 Å². The summed E-state index contributed by atoms with van der Waals surface area (Å²) in [5.41, 5.74) is 12.0. The molecule has 0 bridgehead atoms. The van der Waals surface area contributed by atoms with Crippen molar-refractivity contribution in [2.45, 2.75) is 58.5 Å². The fourth-order valence-corrected chi connectivity index (χ4v) is 7.03. The number of nitrogen functional groups attached to an aromatic ring is 1. The highest BCUT2D eigenvalue weighted by atomic mass is 35.5. The Bertz CT molecular complexity index is 1870. The lowest BCUT2D eigenvalue weighted by Gasteiger charge is -2.49. The molecular formula is C33H34Cl2N6O2. The maximum atomic E-state index is 14.7. The molecule has 0 radical (unpaired) electrons. The van der Waals surface area contributed by atoms with Crippen molar-refractivity contribution in [1.29, 1.82) is 0 Å². The van der Waals surface area contributed by atoms with Crippen molar-refractivity contribution >= 4 is 51.5 Å². The van der Waals surface area contributed by atoms with E-state index in [4.69, 9.17) is 38.9 Å². The number of halogens is 2. The van der Waals surface area contributed by atoms with Crippen molar-refractivity contribution in [3.8, 4) is 16.9 Å². The third kappa shape index (κ3) is 4.77. The summed E-state index contributed by atoms with van der Waals surface area (Å²) < 4.78 is 1.72. The molecule has 2 atom stereocenters. The van der Waals surface area contributed by atoms with Gasteiger partial charge < -0.3 is 15.5 Å². The molecule has 1 saturated heterocycles. The lowest BCUT2D eigenvalue weighted by molar-refractivity contribution is -0.129. The van der Waals surface area contributed by atoms with E-state index >= 15 is 0 Å². The summed E-state index contributed by atoms with van der Waals surface area (Å²) in [7, 11) is 0. The second-order valence-corrected chi connectivity index (χ2v) is 12.6. The van der Waals surface area contributed by atoms with Crippen molar-refractivity contribution in [2.75, 3.05) is 23.7 Å². The summed E-state index contributed by atoms with van der Waals surface area (Å²) in [6.07, 6.45) is 4.44. The molecule has 2 aliphatic rings. The van der Waals surface area contributed by atoms with Gasteiger partial charge in [-0.1, -0.05) is 43.6 Å². The minimum absolute atomic E-state index is 0.0409. The Balaban J connectivity index is 1.69. The minimum Gasteiger partial charge on any atom is -0.399 e. The summed E-state index contributed by atoms with van der Waals surface area (Å²) in [4.78, 5) is 41.3. The summed E-state index contributed by atoms with van der Waals surface area (Å²) in [5.74, 6) is -0.0245. The van der Waals surface area contributed by atoms with Gasteiger partial charge in [0.05, 0.1) is 32.8 Å². The van der Waals surface area contributed by atoms with Gasteiger partial charge in [-0.3, -0.25) is 19.1 Å². The molecule has 6 rings (SSSR count). The first-order valence-corrected chi connectivity index (χ1v) is 15.3. The molecule has 1 fully saturated rings. The number of nitrogens with zero attached hydrogens (tertiary/aromatic N) is 5. The molecule has 5 heterocycles. The van der Waals surface area contributed by atoms with E-state index in [0.717, 1.165) is 34.4 Å². The van der Waals surface area contributed by atoms with E-state index in [1.807, 2.05) is 30.9 Å². The highest BCUT2D eigenvalue weighted by molar-refractivity contribution is 6.36. The largest absolute Gasteiger partial charge is 0.399 e. The number of piperazine rings is 1. The molecule has 0 aliphatic carbocycles. The molecule has 2 N–H and O–H groups in total. The Hall–Kier alpha value is -3.88. The van der Waals surface area contributed by atoms with Crippen LogP contribution in [0.2, 0.25) is 10.0 Å². The maximum Gasteiger partial charge on any atom is 0.262 e. The monoisotopic (exact) mass is 616 g/mol. The Morgan fingerprint density at radius 3 is 2.63 bits per heavy atom. The third-order valence-corrected chi connectivity index (χ3v) is 9.27. The number of benzene rings is 1. The fraction of sp³-hybridized carbons (Fsp3) is 0.333. The van der Waals surface area contributed by atoms with Gasteiger partial charge in [-0.25, -0.2) is 4.98 Å².